The average Bonchev–Trinajstić information content (AvgIpc) is 2.87. The molecule has 0 aliphatic heterocycles. The van der Waals surface area contributed by atoms with Crippen molar-refractivity contribution in [3.8, 4) is 17.0 Å². The summed E-state index contributed by atoms with van der Waals surface area (Å²) in [6.45, 7) is -0.141. The molecular formula is C15H13ClN2O2. The van der Waals surface area contributed by atoms with Crippen molar-refractivity contribution < 1.29 is 9.84 Å². The molecule has 1 N–H and O–H groups in total. The van der Waals surface area contributed by atoms with Gasteiger partial charge in [-0.2, -0.15) is 0 Å². The number of pyridine rings is 1. The van der Waals surface area contributed by atoms with Gasteiger partial charge in [0.1, 0.15) is 16.5 Å². The normalized spacial score (nSPS) is 10.9. The molecular weight excluding hydrogens is 276 g/mol. The van der Waals surface area contributed by atoms with Gasteiger partial charge >= 0.3 is 0 Å². The van der Waals surface area contributed by atoms with Gasteiger partial charge in [-0.15, -0.1) is 0 Å². The Kier molecular flexibility index (Phi) is 3.34. The average molecular weight is 289 g/mol. The second-order valence-electron chi connectivity index (χ2n) is 4.34. The molecule has 5 heteroatoms. The van der Waals surface area contributed by atoms with Crippen molar-refractivity contribution in [3.05, 3.63) is 53.3 Å². The molecule has 3 rings (SSSR count). The number of nitrogens with zero attached hydrogens (tertiary/aromatic N) is 2. The summed E-state index contributed by atoms with van der Waals surface area (Å²) < 4.78 is 6.97. The third kappa shape index (κ3) is 2.03. The fourth-order valence-corrected chi connectivity index (χ4v) is 2.52. The minimum Gasteiger partial charge on any atom is -0.497 e. The number of imidazole rings is 1. The van der Waals surface area contributed by atoms with Crippen LogP contribution < -0.4 is 4.74 Å². The highest BCUT2D eigenvalue weighted by atomic mass is 35.5. The third-order valence-corrected chi connectivity index (χ3v) is 3.48. The van der Waals surface area contributed by atoms with Crippen LogP contribution in [0.2, 0.25) is 5.15 Å². The monoisotopic (exact) mass is 288 g/mol. The van der Waals surface area contributed by atoms with E-state index >= 15 is 0 Å². The van der Waals surface area contributed by atoms with E-state index in [1.807, 2.05) is 36.4 Å². The van der Waals surface area contributed by atoms with Gasteiger partial charge in [0.25, 0.3) is 0 Å². The predicted octanol–water partition coefficient (Wildman–Crippen LogP) is 3.16. The fraction of sp³-hybridized carbons (Fsp3) is 0.133. The van der Waals surface area contributed by atoms with Gasteiger partial charge < -0.3 is 9.84 Å². The van der Waals surface area contributed by atoms with E-state index in [0.717, 1.165) is 11.3 Å². The van der Waals surface area contributed by atoms with Crippen LogP contribution in [0.4, 0.5) is 0 Å². The zero-order chi connectivity index (χ0) is 14.1. The van der Waals surface area contributed by atoms with Gasteiger partial charge in [-0.25, -0.2) is 4.98 Å². The fourth-order valence-electron chi connectivity index (χ4n) is 2.26. The predicted molar refractivity (Wildman–Crippen MR) is 78.1 cm³/mol. The quantitative estimate of drug-likeness (QED) is 0.753. The summed E-state index contributed by atoms with van der Waals surface area (Å²) >= 11 is 6.19. The molecule has 4 nitrogen and oxygen atoms in total. The standard InChI is InChI=1S/C15H13ClN2O2/c1-20-11-5-2-4-10(8-11)15-12(9-19)18-13(16)6-3-7-14(18)17-15/h2-8,19H,9H2,1H3. The van der Waals surface area contributed by atoms with Gasteiger partial charge in [0, 0.05) is 5.56 Å². The molecule has 0 atom stereocenters. The molecule has 2 heterocycles. The second-order valence-corrected chi connectivity index (χ2v) is 4.73. The van der Waals surface area contributed by atoms with Gasteiger partial charge in [-0.05, 0) is 24.3 Å². The first-order valence-electron chi connectivity index (χ1n) is 6.15. The molecule has 0 aliphatic carbocycles. The van der Waals surface area contributed by atoms with Gasteiger partial charge in [-0.1, -0.05) is 29.8 Å². The van der Waals surface area contributed by atoms with E-state index in [4.69, 9.17) is 16.3 Å². The molecule has 0 bridgehead atoms. The minimum absolute atomic E-state index is 0.141. The number of aliphatic hydroxyl groups is 1. The highest BCUT2D eigenvalue weighted by molar-refractivity contribution is 6.29. The Bertz CT molecular complexity index is 768. The lowest BCUT2D eigenvalue weighted by molar-refractivity contribution is 0.276. The molecule has 0 radical (unpaired) electrons. The van der Waals surface area contributed by atoms with E-state index in [2.05, 4.69) is 4.98 Å². The summed E-state index contributed by atoms with van der Waals surface area (Å²) in [5, 5.41) is 10.2. The van der Waals surface area contributed by atoms with E-state index in [-0.39, 0.29) is 6.61 Å². The number of hydrogen-bond donors (Lipinski definition) is 1. The summed E-state index contributed by atoms with van der Waals surface area (Å²) in [5.41, 5.74) is 2.96. The van der Waals surface area contributed by atoms with Crippen LogP contribution in [0, 0.1) is 0 Å². The maximum absolute atomic E-state index is 9.67. The van der Waals surface area contributed by atoms with Crippen molar-refractivity contribution in [2.75, 3.05) is 7.11 Å². The maximum Gasteiger partial charge on any atom is 0.138 e. The van der Waals surface area contributed by atoms with E-state index in [1.165, 1.54) is 0 Å². The lowest BCUT2D eigenvalue weighted by Gasteiger charge is -2.05. The van der Waals surface area contributed by atoms with Crippen LogP contribution in [0.1, 0.15) is 5.69 Å². The van der Waals surface area contributed by atoms with E-state index in [9.17, 15) is 5.11 Å². The number of rotatable bonds is 3. The zero-order valence-electron chi connectivity index (χ0n) is 10.9. The lowest BCUT2D eigenvalue weighted by atomic mass is 10.1. The summed E-state index contributed by atoms with van der Waals surface area (Å²) in [6, 6.07) is 13.0. The summed E-state index contributed by atoms with van der Waals surface area (Å²) in [4.78, 5) is 4.55. The highest BCUT2D eigenvalue weighted by Crippen LogP contribution is 2.29. The van der Waals surface area contributed by atoms with Gasteiger partial charge in [0.05, 0.1) is 25.1 Å². The number of fused-ring (bicyclic) bond motifs is 1. The Morgan fingerprint density at radius 3 is 2.80 bits per heavy atom. The van der Waals surface area contributed by atoms with Gasteiger partial charge in [0.15, 0.2) is 0 Å². The number of methoxy groups -OCH3 is 1. The first-order chi connectivity index (χ1) is 9.74. The molecule has 2 aromatic heterocycles. The van der Waals surface area contributed by atoms with Crippen molar-refractivity contribution in [3.63, 3.8) is 0 Å². The van der Waals surface area contributed by atoms with Crippen LogP contribution in [0.5, 0.6) is 5.75 Å². The Labute approximate surface area is 121 Å². The Hall–Kier alpha value is -2.04. The van der Waals surface area contributed by atoms with Crippen LogP contribution in [0.3, 0.4) is 0 Å². The Morgan fingerprint density at radius 1 is 1.25 bits per heavy atom. The maximum atomic E-state index is 9.67. The van der Waals surface area contributed by atoms with Crippen LogP contribution in [0.15, 0.2) is 42.5 Å². The molecule has 20 heavy (non-hydrogen) atoms. The largest absolute Gasteiger partial charge is 0.497 e. The van der Waals surface area contributed by atoms with E-state index in [0.29, 0.717) is 22.2 Å². The van der Waals surface area contributed by atoms with Crippen LogP contribution in [0.25, 0.3) is 16.9 Å². The number of aliphatic hydroxyl groups excluding tert-OH is 1. The molecule has 0 fully saturated rings. The highest BCUT2D eigenvalue weighted by Gasteiger charge is 2.15. The topological polar surface area (TPSA) is 46.8 Å². The molecule has 1 aromatic carbocycles. The van der Waals surface area contributed by atoms with Crippen molar-refractivity contribution in [2.45, 2.75) is 6.61 Å². The van der Waals surface area contributed by atoms with Gasteiger partial charge in [0.2, 0.25) is 0 Å². The van der Waals surface area contributed by atoms with E-state index in [1.54, 1.807) is 17.6 Å². The molecule has 0 saturated heterocycles. The van der Waals surface area contributed by atoms with Crippen molar-refractivity contribution >= 4 is 17.2 Å². The van der Waals surface area contributed by atoms with E-state index < -0.39 is 0 Å². The van der Waals surface area contributed by atoms with Crippen molar-refractivity contribution in [2.24, 2.45) is 0 Å². The number of hydrogen-bond acceptors (Lipinski definition) is 3. The molecule has 0 aliphatic rings. The molecule has 3 aromatic rings. The zero-order valence-corrected chi connectivity index (χ0v) is 11.6. The Morgan fingerprint density at radius 2 is 2.05 bits per heavy atom. The SMILES string of the molecule is COc1cccc(-c2nc3cccc(Cl)n3c2CO)c1. The Balaban J connectivity index is 2.27. The molecule has 0 spiro atoms. The van der Waals surface area contributed by atoms with Crippen LogP contribution in [-0.4, -0.2) is 21.6 Å². The molecule has 0 saturated carbocycles. The minimum atomic E-state index is -0.141. The van der Waals surface area contributed by atoms with Crippen LogP contribution >= 0.6 is 11.6 Å². The number of benzene rings is 1. The number of aromatic nitrogens is 2. The first-order valence-corrected chi connectivity index (χ1v) is 6.53. The van der Waals surface area contributed by atoms with Crippen molar-refractivity contribution in [1.82, 2.24) is 9.38 Å². The number of ether oxygens (including phenoxy) is 1. The van der Waals surface area contributed by atoms with Crippen molar-refractivity contribution in [1.29, 1.82) is 0 Å². The second kappa shape index (κ2) is 5.15. The molecule has 0 amide bonds. The third-order valence-electron chi connectivity index (χ3n) is 3.18. The molecule has 0 unspecified atom stereocenters. The van der Waals surface area contributed by atoms with Crippen LogP contribution in [-0.2, 0) is 6.61 Å². The summed E-state index contributed by atoms with van der Waals surface area (Å²) in [5.74, 6) is 0.745. The lowest BCUT2D eigenvalue weighted by Crippen LogP contribution is -1.95. The number of halogens is 1. The first kappa shape index (κ1) is 13.0. The summed E-state index contributed by atoms with van der Waals surface area (Å²) in [6.07, 6.45) is 0. The molecule has 102 valence electrons. The van der Waals surface area contributed by atoms with Gasteiger partial charge in [-0.3, -0.25) is 4.40 Å². The smallest absolute Gasteiger partial charge is 0.138 e. The summed E-state index contributed by atoms with van der Waals surface area (Å²) in [7, 11) is 1.62.